The van der Waals surface area contributed by atoms with E-state index in [9.17, 15) is 0 Å². The average Bonchev–Trinajstić information content (AvgIpc) is 2.29. The lowest BCUT2D eigenvalue weighted by molar-refractivity contribution is 0.436. The molecule has 4 heteroatoms. The van der Waals surface area contributed by atoms with Crippen molar-refractivity contribution in [3.8, 4) is 0 Å². The van der Waals surface area contributed by atoms with Gasteiger partial charge in [-0.05, 0) is 18.9 Å². The third kappa shape index (κ3) is 1.50. The van der Waals surface area contributed by atoms with Crippen LogP contribution in [0.1, 0.15) is 12.0 Å². The molecule has 1 fully saturated rings. The molecule has 3 rings (SSSR count). The van der Waals surface area contributed by atoms with Gasteiger partial charge in [-0.15, -0.1) is 0 Å². The normalized spacial score (nSPS) is 24.6. The fraction of sp³-hybridized carbons (Fsp3) is 0.545. The molecule has 1 N–H and O–H groups in total. The van der Waals surface area contributed by atoms with E-state index < -0.39 is 0 Å². The molecule has 1 saturated heterocycles. The molecule has 0 spiro atoms. The highest BCUT2D eigenvalue weighted by Gasteiger charge is 2.30. The first kappa shape index (κ1) is 9.43. The van der Waals surface area contributed by atoms with Crippen LogP contribution in [0.4, 0.5) is 5.82 Å². The van der Waals surface area contributed by atoms with Crippen LogP contribution in [0.3, 0.4) is 0 Å². The number of pyridine rings is 1. The van der Waals surface area contributed by atoms with Gasteiger partial charge in [-0.2, -0.15) is 0 Å². The highest BCUT2D eigenvalue weighted by Crippen LogP contribution is 2.33. The van der Waals surface area contributed by atoms with Crippen molar-refractivity contribution in [3.05, 3.63) is 22.8 Å². The number of aromatic nitrogens is 1. The number of nitrogens with zero attached hydrogens (tertiary/aromatic N) is 2. The average molecular weight is 224 g/mol. The molecule has 1 unspecified atom stereocenters. The Balaban J connectivity index is 2.03. The summed E-state index contributed by atoms with van der Waals surface area (Å²) in [7, 11) is 0. The largest absolute Gasteiger partial charge is 0.351 e. The van der Waals surface area contributed by atoms with E-state index in [4.69, 9.17) is 11.6 Å². The second kappa shape index (κ2) is 3.65. The van der Waals surface area contributed by atoms with Gasteiger partial charge >= 0.3 is 0 Å². The quantitative estimate of drug-likeness (QED) is 0.722. The minimum Gasteiger partial charge on any atom is -0.351 e. The fourth-order valence-electron chi connectivity index (χ4n) is 2.55. The Hall–Kier alpha value is -0.800. The van der Waals surface area contributed by atoms with Crippen LogP contribution in [-0.2, 0) is 6.42 Å². The summed E-state index contributed by atoms with van der Waals surface area (Å²) in [5.41, 5.74) is 1.23. The lowest BCUT2D eigenvalue weighted by atomic mass is 9.97. The van der Waals surface area contributed by atoms with Gasteiger partial charge in [0.15, 0.2) is 0 Å². The van der Waals surface area contributed by atoms with Crippen LogP contribution in [0.15, 0.2) is 12.3 Å². The number of rotatable bonds is 0. The van der Waals surface area contributed by atoms with Crippen LogP contribution >= 0.6 is 11.6 Å². The van der Waals surface area contributed by atoms with Gasteiger partial charge in [0.1, 0.15) is 5.82 Å². The summed E-state index contributed by atoms with van der Waals surface area (Å²) in [6, 6.07) is 2.50. The number of fused-ring (bicyclic) bond motifs is 3. The van der Waals surface area contributed by atoms with Crippen molar-refractivity contribution in [1.82, 2.24) is 10.3 Å². The maximum atomic E-state index is 6.19. The van der Waals surface area contributed by atoms with Gasteiger partial charge in [-0.3, -0.25) is 0 Å². The predicted octanol–water partition coefficient (Wildman–Crippen LogP) is 1.46. The van der Waals surface area contributed by atoms with Crippen LogP contribution in [0, 0.1) is 0 Å². The molecule has 15 heavy (non-hydrogen) atoms. The third-order valence-electron chi connectivity index (χ3n) is 3.33. The molecular weight excluding hydrogens is 210 g/mol. The summed E-state index contributed by atoms with van der Waals surface area (Å²) in [6.45, 7) is 3.17. The Kier molecular flexibility index (Phi) is 2.29. The van der Waals surface area contributed by atoms with E-state index in [0.717, 1.165) is 36.9 Å². The third-order valence-corrected chi connectivity index (χ3v) is 3.68. The van der Waals surface area contributed by atoms with E-state index in [-0.39, 0.29) is 0 Å². The van der Waals surface area contributed by atoms with Crippen molar-refractivity contribution in [2.75, 3.05) is 24.5 Å². The molecule has 80 valence electrons. The molecule has 0 aliphatic carbocycles. The maximum Gasteiger partial charge on any atom is 0.133 e. The summed E-state index contributed by atoms with van der Waals surface area (Å²) < 4.78 is 0. The monoisotopic (exact) mass is 223 g/mol. The van der Waals surface area contributed by atoms with Crippen LogP contribution < -0.4 is 10.2 Å². The highest BCUT2D eigenvalue weighted by atomic mass is 35.5. The van der Waals surface area contributed by atoms with E-state index in [1.165, 1.54) is 12.0 Å². The van der Waals surface area contributed by atoms with Crippen LogP contribution in [0.2, 0.25) is 5.02 Å². The Labute approximate surface area is 94.4 Å². The predicted molar refractivity (Wildman–Crippen MR) is 61.6 cm³/mol. The van der Waals surface area contributed by atoms with E-state index in [2.05, 4.69) is 15.2 Å². The number of halogens is 1. The second-order valence-electron chi connectivity index (χ2n) is 4.18. The Morgan fingerprint density at radius 1 is 1.53 bits per heavy atom. The molecule has 0 saturated carbocycles. The highest BCUT2D eigenvalue weighted by molar-refractivity contribution is 6.31. The summed E-state index contributed by atoms with van der Waals surface area (Å²) in [4.78, 5) is 6.88. The smallest absolute Gasteiger partial charge is 0.133 e. The van der Waals surface area contributed by atoms with Crippen LogP contribution in [-0.4, -0.2) is 30.7 Å². The Morgan fingerprint density at radius 2 is 2.47 bits per heavy atom. The second-order valence-corrected chi connectivity index (χ2v) is 4.59. The molecule has 1 aromatic rings. The number of piperazine rings is 1. The molecule has 3 heterocycles. The van der Waals surface area contributed by atoms with Gasteiger partial charge in [0.2, 0.25) is 0 Å². The zero-order chi connectivity index (χ0) is 10.3. The summed E-state index contributed by atoms with van der Waals surface area (Å²) in [6.07, 6.45) is 4.06. The van der Waals surface area contributed by atoms with Gasteiger partial charge in [0.05, 0.1) is 0 Å². The summed E-state index contributed by atoms with van der Waals surface area (Å²) >= 11 is 6.19. The summed E-state index contributed by atoms with van der Waals surface area (Å²) in [5.74, 6) is 1.11. The number of anilines is 1. The van der Waals surface area contributed by atoms with Crippen LogP contribution in [0.25, 0.3) is 0 Å². The van der Waals surface area contributed by atoms with Crippen molar-refractivity contribution in [2.24, 2.45) is 0 Å². The van der Waals surface area contributed by atoms with Crippen molar-refractivity contribution in [3.63, 3.8) is 0 Å². The number of nitrogens with one attached hydrogen (secondary N) is 1. The summed E-state index contributed by atoms with van der Waals surface area (Å²) in [5, 5.41) is 4.30. The molecule has 2 aliphatic rings. The molecule has 0 radical (unpaired) electrons. The first-order chi connectivity index (χ1) is 7.36. The SMILES string of the molecule is Clc1ccnc2c1CCC1CNCCN21. The molecule has 0 bridgehead atoms. The van der Waals surface area contributed by atoms with Crippen molar-refractivity contribution in [1.29, 1.82) is 0 Å². The van der Waals surface area contributed by atoms with Crippen LogP contribution in [0.5, 0.6) is 0 Å². The first-order valence-corrected chi connectivity index (χ1v) is 5.85. The lowest BCUT2D eigenvalue weighted by Gasteiger charge is -2.41. The number of hydrogen-bond acceptors (Lipinski definition) is 3. The van der Waals surface area contributed by atoms with Crippen molar-refractivity contribution >= 4 is 17.4 Å². The molecule has 1 atom stereocenters. The first-order valence-electron chi connectivity index (χ1n) is 5.47. The van der Waals surface area contributed by atoms with Gasteiger partial charge in [-0.25, -0.2) is 4.98 Å². The minimum atomic E-state index is 0.609. The van der Waals surface area contributed by atoms with E-state index in [1.807, 2.05) is 12.3 Å². The van der Waals surface area contributed by atoms with Gasteiger partial charge < -0.3 is 10.2 Å². The van der Waals surface area contributed by atoms with E-state index in [0.29, 0.717) is 6.04 Å². The standard InChI is InChI=1S/C11H14ClN3/c12-10-3-4-14-11-9(10)2-1-8-7-13-5-6-15(8)11/h3-4,8,13H,1-2,5-7H2. The molecule has 3 nitrogen and oxygen atoms in total. The topological polar surface area (TPSA) is 28.2 Å². The molecule has 0 amide bonds. The number of hydrogen-bond donors (Lipinski definition) is 1. The molecule has 2 aliphatic heterocycles. The minimum absolute atomic E-state index is 0.609. The Bertz CT molecular complexity index is 380. The lowest BCUT2D eigenvalue weighted by Crippen LogP contribution is -2.53. The van der Waals surface area contributed by atoms with Crippen molar-refractivity contribution in [2.45, 2.75) is 18.9 Å². The fourth-order valence-corrected chi connectivity index (χ4v) is 2.78. The maximum absolute atomic E-state index is 6.19. The molecular formula is C11H14ClN3. The van der Waals surface area contributed by atoms with E-state index in [1.54, 1.807) is 0 Å². The van der Waals surface area contributed by atoms with Crippen molar-refractivity contribution < 1.29 is 0 Å². The van der Waals surface area contributed by atoms with Gasteiger partial charge in [0.25, 0.3) is 0 Å². The molecule has 1 aromatic heterocycles. The Morgan fingerprint density at radius 3 is 3.40 bits per heavy atom. The zero-order valence-electron chi connectivity index (χ0n) is 8.54. The molecule has 0 aromatic carbocycles. The van der Waals surface area contributed by atoms with E-state index >= 15 is 0 Å². The van der Waals surface area contributed by atoms with Gasteiger partial charge in [0, 0.05) is 42.5 Å². The zero-order valence-corrected chi connectivity index (χ0v) is 9.30. The van der Waals surface area contributed by atoms with Gasteiger partial charge in [-0.1, -0.05) is 11.6 Å².